The van der Waals surface area contributed by atoms with E-state index in [1.54, 1.807) is 19.1 Å². The second kappa shape index (κ2) is 5.53. The summed E-state index contributed by atoms with van der Waals surface area (Å²) in [6, 6.07) is 0. The monoisotopic (exact) mass is 156 g/mol. The van der Waals surface area contributed by atoms with Crippen LogP contribution >= 0.6 is 0 Å². The molecule has 3 heteroatoms. The van der Waals surface area contributed by atoms with Crippen LogP contribution < -0.4 is 0 Å². The first kappa shape index (κ1) is 9.75. The fourth-order valence-electron chi connectivity index (χ4n) is 0.520. The SMILES string of the molecule is C/C=C/C=C(\OCC)C(=O)O. The van der Waals surface area contributed by atoms with Crippen LogP contribution in [-0.4, -0.2) is 17.7 Å². The molecule has 3 nitrogen and oxygen atoms in total. The highest BCUT2D eigenvalue weighted by Gasteiger charge is 2.04. The molecule has 0 bridgehead atoms. The zero-order valence-corrected chi connectivity index (χ0v) is 6.70. The number of aliphatic carboxylic acids is 1. The van der Waals surface area contributed by atoms with Crippen molar-refractivity contribution in [2.24, 2.45) is 0 Å². The summed E-state index contributed by atoms with van der Waals surface area (Å²) in [5, 5.41) is 8.50. The number of carbonyl (C=O) groups is 1. The van der Waals surface area contributed by atoms with Gasteiger partial charge in [-0.25, -0.2) is 4.79 Å². The second-order valence-electron chi connectivity index (χ2n) is 1.79. The van der Waals surface area contributed by atoms with E-state index >= 15 is 0 Å². The molecule has 11 heavy (non-hydrogen) atoms. The normalized spacial score (nSPS) is 12.0. The number of hydrogen-bond donors (Lipinski definition) is 1. The highest BCUT2D eigenvalue weighted by molar-refractivity contribution is 5.84. The van der Waals surface area contributed by atoms with Gasteiger partial charge >= 0.3 is 5.97 Å². The molecule has 0 unspecified atom stereocenters. The summed E-state index contributed by atoms with van der Waals surface area (Å²) in [6.45, 7) is 3.92. The molecule has 0 saturated carbocycles. The van der Waals surface area contributed by atoms with E-state index < -0.39 is 5.97 Å². The molecule has 0 rings (SSSR count). The van der Waals surface area contributed by atoms with Crippen LogP contribution in [0, 0.1) is 0 Å². The number of hydrogen-bond acceptors (Lipinski definition) is 2. The van der Waals surface area contributed by atoms with Crippen LogP contribution in [0.4, 0.5) is 0 Å². The van der Waals surface area contributed by atoms with Crippen LogP contribution in [0.5, 0.6) is 0 Å². The predicted octanol–water partition coefficient (Wildman–Crippen LogP) is 1.57. The topological polar surface area (TPSA) is 46.5 Å². The minimum absolute atomic E-state index is 0.0226. The van der Waals surface area contributed by atoms with E-state index in [-0.39, 0.29) is 5.76 Å². The Morgan fingerprint density at radius 3 is 2.64 bits per heavy atom. The van der Waals surface area contributed by atoms with Crippen molar-refractivity contribution in [1.82, 2.24) is 0 Å². The molecule has 0 fully saturated rings. The maximum absolute atomic E-state index is 10.4. The molecule has 0 aromatic heterocycles. The molecule has 0 heterocycles. The second-order valence-corrected chi connectivity index (χ2v) is 1.79. The number of carboxylic acids is 1. The van der Waals surface area contributed by atoms with Crippen LogP contribution in [0.15, 0.2) is 24.0 Å². The molecule has 0 spiro atoms. The van der Waals surface area contributed by atoms with Gasteiger partial charge in [0.2, 0.25) is 5.76 Å². The number of carboxylic acid groups (broad SMARTS) is 1. The fourth-order valence-corrected chi connectivity index (χ4v) is 0.520. The average molecular weight is 156 g/mol. The van der Waals surface area contributed by atoms with Crippen molar-refractivity contribution >= 4 is 5.97 Å². The Kier molecular flexibility index (Phi) is 4.90. The largest absolute Gasteiger partial charge is 0.487 e. The molecule has 0 radical (unpaired) electrons. The third-order valence-electron chi connectivity index (χ3n) is 0.951. The van der Waals surface area contributed by atoms with Gasteiger partial charge in [0.15, 0.2) is 0 Å². The number of rotatable bonds is 4. The maximum Gasteiger partial charge on any atom is 0.371 e. The van der Waals surface area contributed by atoms with Crippen molar-refractivity contribution in [3.63, 3.8) is 0 Å². The van der Waals surface area contributed by atoms with E-state index in [0.717, 1.165) is 0 Å². The van der Waals surface area contributed by atoms with E-state index in [1.807, 2.05) is 6.92 Å². The van der Waals surface area contributed by atoms with E-state index in [9.17, 15) is 4.79 Å². The third kappa shape index (κ3) is 4.19. The molecule has 0 amide bonds. The summed E-state index contributed by atoms with van der Waals surface area (Å²) in [5.41, 5.74) is 0. The number of ether oxygens (including phenoxy) is 1. The Labute approximate surface area is 66.0 Å². The van der Waals surface area contributed by atoms with Gasteiger partial charge in [0, 0.05) is 0 Å². The average Bonchev–Trinajstić information content (AvgIpc) is 1.97. The van der Waals surface area contributed by atoms with Crippen molar-refractivity contribution in [2.75, 3.05) is 6.61 Å². The van der Waals surface area contributed by atoms with E-state index in [4.69, 9.17) is 9.84 Å². The first-order valence-corrected chi connectivity index (χ1v) is 3.41. The highest BCUT2D eigenvalue weighted by Crippen LogP contribution is 1.97. The molecule has 1 N–H and O–H groups in total. The van der Waals surface area contributed by atoms with Gasteiger partial charge in [0.05, 0.1) is 6.61 Å². The zero-order chi connectivity index (χ0) is 8.69. The third-order valence-corrected chi connectivity index (χ3v) is 0.951. The Morgan fingerprint density at radius 2 is 2.27 bits per heavy atom. The van der Waals surface area contributed by atoms with Gasteiger partial charge in [0.25, 0.3) is 0 Å². The minimum Gasteiger partial charge on any atom is -0.487 e. The van der Waals surface area contributed by atoms with Crippen molar-refractivity contribution < 1.29 is 14.6 Å². The minimum atomic E-state index is -1.04. The van der Waals surface area contributed by atoms with Crippen LogP contribution in [-0.2, 0) is 9.53 Å². The van der Waals surface area contributed by atoms with E-state index in [1.165, 1.54) is 6.08 Å². The Balaban J connectivity index is 4.20. The van der Waals surface area contributed by atoms with Gasteiger partial charge in [-0.2, -0.15) is 0 Å². The first-order valence-electron chi connectivity index (χ1n) is 3.41. The lowest BCUT2D eigenvalue weighted by Crippen LogP contribution is -2.04. The smallest absolute Gasteiger partial charge is 0.371 e. The van der Waals surface area contributed by atoms with Crippen molar-refractivity contribution in [2.45, 2.75) is 13.8 Å². The number of allylic oxidation sites excluding steroid dienone is 3. The standard InChI is InChI=1S/C8H12O3/c1-3-5-6-7(8(9)10)11-4-2/h3,5-6H,4H2,1-2H3,(H,9,10)/b5-3+,7-6-. The van der Waals surface area contributed by atoms with Gasteiger partial charge in [-0.15, -0.1) is 0 Å². The molecule has 0 atom stereocenters. The molecule has 0 aliphatic carbocycles. The van der Waals surface area contributed by atoms with E-state index in [2.05, 4.69) is 0 Å². The van der Waals surface area contributed by atoms with Gasteiger partial charge in [-0.05, 0) is 19.9 Å². The Morgan fingerprint density at radius 1 is 1.64 bits per heavy atom. The van der Waals surface area contributed by atoms with Gasteiger partial charge in [-0.3, -0.25) is 0 Å². The Bertz CT molecular complexity index is 180. The molecule has 0 aromatic carbocycles. The molecule has 0 saturated heterocycles. The molecular formula is C8H12O3. The molecule has 0 aliphatic rings. The van der Waals surface area contributed by atoms with Crippen LogP contribution in [0.3, 0.4) is 0 Å². The molecule has 62 valence electrons. The Hall–Kier alpha value is -1.25. The maximum atomic E-state index is 10.4. The summed E-state index contributed by atoms with van der Waals surface area (Å²) in [6.07, 6.45) is 4.78. The van der Waals surface area contributed by atoms with E-state index in [0.29, 0.717) is 6.61 Å². The lowest BCUT2D eigenvalue weighted by Gasteiger charge is -2.00. The predicted molar refractivity (Wildman–Crippen MR) is 42.2 cm³/mol. The summed E-state index contributed by atoms with van der Waals surface area (Å²) in [7, 11) is 0. The first-order chi connectivity index (χ1) is 5.22. The zero-order valence-electron chi connectivity index (χ0n) is 6.70. The van der Waals surface area contributed by atoms with Gasteiger partial charge in [-0.1, -0.05) is 12.2 Å². The van der Waals surface area contributed by atoms with Gasteiger partial charge < -0.3 is 9.84 Å². The van der Waals surface area contributed by atoms with Crippen LogP contribution in [0.1, 0.15) is 13.8 Å². The lowest BCUT2D eigenvalue weighted by atomic mass is 10.4. The highest BCUT2D eigenvalue weighted by atomic mass is 16.5. The van der Waals surface area contributed by atoms with Crippen molar-refractivity contribution in [3.8, 4) is 0 Å². The van der Waals surface area contributed by atoms with Crippen LogP contribution in [0.25, 0.3) is 0 Å². The molecular weight excluding hydrogens is 144 g/mol. The van der Waals surface area contributed by atoms with Crippen molar-refractivity contribution in [3.05, 3.63) is 24.0 Å². The summed E-state index contributed by atoms with van der Waals surface area (Å²) in [4.78, 5) is 10.4. The molecule has 0 aliphatic heterocycles. The summed E-state index contributed by atoms with van der Waals surface area (Å²) in [5.74, 6) is -1.06. The van der Waals surface area contributed by atoms with Crippen molar-refractivity contribution in [1.29, 1.82) is 0 Å². The quantitative estimate of drug-likeness (QED) is 0.381. The lowest BCUT2D eigenvalue weighted by molar-refractivity contribution is -0.136. The fraction of sp³-hybridized carbons (Fsp3) is 0.375. The van der Waals surface area contributed by atoms with Gasteiger partial charge in [0.1, 0.15) is 0 Å². The van der Waals surface area contributed by atoms with Crippen LogP contribution in [0.2, 0.25) is 0 Å². The summed E-state index contributed by atoms with van der Waals surface area (Å²) < 4.78 is 4.82. The molecule has 0 aromatic rings. The summed E-state index contributed by atoms with van der Waals surface area (Å²) >= 11 is 0.